The van der Waals surface area contributed by atoms with Crippen molar-refractivity contribution < 1.29 is 4.39 Å². The number of pyridine rings is 1. The number of rotatable bonds is 6. The monoisotopic (exact) mass is 544 g/mol. The second-order valence-corrected chi connectivity index (χ2v) is 11.1. The molecule has 0 aliphatic carbocycles. The number of imidazole rings is 1. The van der Waals surface area contributed by atoms with Crippen molar-refractivity contribution in [2.75, 3.05) is 13.1 Å². The summed E-state index contributed by atoms with van der Waals surface area (Å²) in [6, 6.07) is 28.0. The van der Waals surface area contributed by atoms with E-state index in [9.17, 15) is 4.39 Å². The lowest BCUT2D eigenvalue weighted by Gasteiger charge is -2.32. The van der Waals surface area contributed by atoms with E-state index in [1.807, 2.05) is 30.1 Å². The average Bonchev–Trinajstić information content (AvgIpc) is 3.55. The molecule has 0 spiro atoms. The molecule has 1 aliphatic heterocycles. The van der Waals surface area contributed by atoms with Gasteiger partial charge in [0.1, 0.15) is 17.3 Å². The Morgan fingerprint density at radius 3 is 2.49 bits per heavy atom. The summed E-state index contributed by atoms with van der Waals surface area (Å²) in [5, 5.41) is 5.64. The highest BCUT2D eigenvalue weighted by Crippen LogP contribution is 2.35. The van der Waals surface area contributed by atoms with E-state index in [1.165, 1.54) is 23.0 Å². The van der Waals surface area contributed by atoms with E-state index in [0.717, 1.165) is 54.6 Å². The normalized spacial score (nSPS) is 15.6. The third-order valence-corrected chi connectivity index (χ3v) is 8.53. The Kier molecular flexibility index (Phi) is 6.59. The van der Waals surface area contributed by atoms with E-state index in [4.69, 9.17) is 4.98 Å². The zero-order chi connectivity index (χ0) is 27.9. The van der Waals surface area contributed by atoms with Gasteiger partial charge in [-0.2, -0.15) is 5.10 Å². The highest BCUT2D eigenvalue weighted by Gasteiger charge is 2.28. The number of para-hydroxylation sites is 2. The standard InChI is InChI=1S/C34H33FN6/c1-23(29-11-7-8-18-36-29)41-31-13-6-5-12-30(31)37-34(41)25-16-19-40(20-17-25)22-24-14-15-27-32(21-24)39(2)38-33(27)26-9-3-4-10-28(26)35/h3-15,18,21,23,25H,16-17,19-20,22H2,1-2H3. The molecular formula is C34H33FN6. The van der Waals surface area contributed by atoms with E-state index in [2.05, 4.69) is 81.1 Å². The largest absolute Gasteiger partial charge is 0.319 e. The van der Waals surface area contributed by atoms with Crippen molar-refractivity contribution in [2.24, 2.45) is 7.05 Å². The molecule has 7 heteroatoms. The molecule has 6 nitrogen and oxygen atoms in total. The van der Waals surface area contributed by atoms with Gasteiger partial charge in [0.15, 0.2) is 0 Å². The Balaban J connectivity index is 1.10. The van der Waals surface area contributed by atoms with Crippen LogP contribution in [0.2, 0.25) is 0 Å². The minimum absolute atomic E-state index is 0.108. The summed E-state index contributed by atoms with van der Waals surface area (Å²) in [5.41, 5.74) is 6.77. The third-order valence-electron chi connectivity index (χ3n) is 8.53. The van der Waals surface area contributed by atoms with Crippen LogP contribution in [0.3, 0.4) is 0 Å². The topological polar surface area (TPSA) is 51.8 Å². The van der Waals surface area contributed by atoms with Gasteiger partial charge >= 0.3 is 0 Å². The Labute approximate surface area is 239 Å². The van der Waals surface area contributed by atoms with Crippen molar-refractivity contribution in [3.05, 3.63) is 114 Å². The van der Waals surface area contributed by atoms with Crippen molar-refractivity contribution in [1.82, 2.24) is 29.2 Å². The van der Waals surface area contributed by atoms with Crippen LogP contribution < -0.4 is 0 Å². The molecule has 3 aromatic heterocycles. The van der Waals surface area contributed by atoms with Crippen LogP contribution in [0, 0.1) is 5.82 Å². The summed E-state index contributed by atoms with van der Waals surface area (Å²) in [7, 11) is 1.93. The molecule has 0 N–H and O–H groups in total. The predicted molar refractivity (Wildman–Crippen MR) is 161 cm³/mol. The third kappa shape index (κ3) is 4.70. The molecular weight excluding hydrogens is 511 g/mol. The van der Waals surface area contributed by atoms with Gasteiger partial charge in [-0.3, -0.25) is 14.6 Å². The van der Waals surface area contributed by atoms with Crippen molar-refractivity contribution in [3.63, 3.8) is 0 Å². The number of hydrogen-bond donors (Lipinski definition) is 0. The van der Waals surface area contributed by atoms with Gasteiger partial charge in [0.05, 0.1) is 28.3 Å². The van der Waals surface area contributed by atoms with Crippen LogP contribution in [0.4, 0.5) is 4.39 Å². The SMILES string of the molecule is CC(c1ccccn1)n1c(C2CCN(Cc3ccc4c(-c5ccccc5F)nn(C)c4c3)CC2)nc2ccccc21. The van der Waals surface area contributed by atoms with Crippen LogP contribution in [-0.2, 0) is 13.6 Å². The molecule has 206 valence electrons. The quantitative estimate of drug-likeness (QED) is 0.224. The summed E-state index contributed by atoms with van der Waals surface area (Å²) < 4.78 is 18.8. The molecule has 0 bridgehead atoms. The Morgan fingerprint density at radius 1 is 0.902 bits per heavy atom. The van der Waals surface area contributed by atoms with E-state index >= 15 is 0 Å². The maximum atomic E-state index is 14.5. The summed E-state index contributed by atoms with van der Waals surface area (Å²) in [6.07, 6.45) is 3.99. The van der Waals surface area contributed by atoms with E-state index in [-0.39, 0.29) is 11.9 Å². The lowest BCUT2D eigenvalue weighted by Crippen LogP contribution is -2.33. The zero-order valence-corrected chi connectivity index (χ0v) is 23.4. The number of aromatic nitrogens is 5. The zero-order valence-electron chi connectivity index (χ0n) is 23.4. The first-order valence-electron chi connectivity index (χ1n) is 14.4. The number of likely N-dealkylation sites (tertiary alicyclic amines) is 1. The number of aryl methyl sites for hydroxylation is 1. The van der Waals surface area contributed by atoms with Crippen LogP contribution in [0.5, 0.6) is 0 Å². The fraction of sp³-hybridized carbons (Fsp3) is 0.265. The van der Waals surface area contributed by atoms with E-state index < -0.39 is 0 Å². The summed E-state index contributed by atoms with van der Waals surface area (Å²) in [6.45, 7) is 5.12. The highest BCUT2D eigenvalue weighted by atomic mass is 19.1. The minimum atomic E-state index is -0.248. The van der Waals surface area contributed by atoms with E-state index in [1.54, 1.807) is 12.1 Å². The molecule has 0 amide bonds. The maximum absolute atomic E-state index is 14.5. The molecule has 1 fully saturated rings. The van der Waals surface area contributed by atoms with Crippen LogP contribution in [0.1, 0.15) is 48.8 Å². The molecule has 1 saturated heterocycles. The maximum Gasteiger partial charge on any atom is 0.132 e. The predicted octanol–water partition coefficient (Wildman–Crippen LogP) is 7.11. The minimum Gasteiger partial charge on any atom is -0.319 e. The Hall–Kier alpha value is -4.36. The van der Waals surface area contributed by atoms with Gasteiger partial charge in [0, 0.05) is 36.7 Å². The van der Waals surface area contributed by atoms with Gasteiger partial charge in [-0.1, -0.05) is 42.5 Å². The Bertz CT molecular complexity index is 1830. The number of halogens is 1. The van der Waals surface area contributed by atoms with E-state index in [0.29, 0.717) is 17.2 Å². The first kappa shape index (κ1) is 25.6. The summed E-state index contributed by atoms with van der Waals surface area (Å²) in [4.78, 5) is 12.3. The van der Waals surface area contributed by atoms with Crippen LogP contribution in [-0.4, -0.2) is 42.3 Å². The number of hydrogen-bond acceptors (Lipinski definition) is 4. The fourth-order valence-corrected chi connectivity index (χ4v) is 6.37. The number of nitrogens with zero attached hydrogens (tertiary/aromatic N) is 6. The lowest BCUT2D eigenvalue weighted by atomic mass is 9.95. The van der Waals surface area contributed by atoms with Crippen molar-refractivity contribution in [2.45, 2.75) is 38.3 Å². The van der Waals surface area contributed by atoms with Crippen molar-refractivity contribution in [3.8, 4) is 11.3 Å². The summed E-state index contributed by atoms with van der Waals surface area (Å²) in [5.74, 6) is 1.32. The van der Waals surface area contributed by atoms with Gasteiger partial charge < -0.3 is 4.57 Å². The molecule has 1 aliphatic rings. The van der Waals surface area contributed by atoms with Crippen LogP contribution in [0.15, 0.2) is 91.1 Å². The first-order valence-corrected chi connectivity index (χ1v) is 14.4. The smallest absolute Gasteiger partial charge is 0.132 e. The van der Waals surface area contributed by atoms with Crippen LogP contribution >= 0.6 is 0 Å². The molecule has 3 aromatic carbocycles. The molecule has 4 heterocycles. The van der Waals surface area contributed by atoms with Gasteiger partial charge in [0.2, 0.25) is 0 Å². The number of piperidine rings is 1. The Morgan fingerprint density at radius 2 is 1.68 bits per heavy atom. The van der Waals surface area contributed by atoms with Crippen molar-refractivity contribution in [1.29, 1.82) is 0 Å². The molecule has 6 aromatic rings. The average molecular weight is 545 g/mol. The number of fused-ring (bicyclic) bond motifs is 2. The first-order chi connectivity index (χ1) is 20.1. The molecule has 0 radical (unpaired) electrons. The second-order valence-electron chi connectivity index (χ2n) is 11.1. The second kappa shape index (κ2) is 10.6. The van der Waals surface area contributed by atoms with Gasteiger partial charge in [-0.05, 0) is 80.9 Å². The van der Waals surface area contributed by atoms with Gasteiger partial charge in [0.25, 0.3) is 0 Å². The van der Waals surface area contributed by atoms with Crippen LogP contribution in [0.25, 0.3) is 33.2 Å². The molecule has 7 rings (SSSR count). The van der Waals surface area contributed by atoms with Gasteiger partial charge in [-0.15, -0.1) is 0 Å². The molecule has 41 heavy (non-hydrogen) atoms. The molecule has 0 saturated carbocycles. The highest BCUT2D eigenvalue weighted by molar-refractivity contribution is 5.93. The molecule has 1 unspecified atom stereocenters. The number of benzene rings is 3. The van der Waals surface area contributed by atoms with Gasteiger partial charge in [-0.25, -0.2) is 9.37 Å². The molecule has 1 atom stereocenters. The fourth-order valence-electron chi connectivity index (χ4n) is 6.37. The van der Waals surface area contributed by atoms with Crippen molar-refractivity contribution >= 4 is 21.9 Å². The summed E-state index contributed by atoms with van der Waals surface area (Å²) >= 11 is 0. The lowest BCUT2D eigenvalue weighted by molar-refractivity contribution is 0.200.